The third-order valence-electron chi connectivity index (χ3n) is 10.0. The molecule has 3 aliphatic carbocycles. The molecule has 0 bridgehead atoms. The van der Waals surface area contributed by atoms with Crippen LogP contribution in [0.4, 0.5) is 5.82 Å². The molecular formula is C29H43N5O4. The molecule has 2 aliphatic heterocycles. The summed E-state index contributed by atoms with van der Waals surface area (Å²) in [5.41, 5.74) is -0.554. The quantitative estimate of drug-likeness (QED) is 0.544. The molecule has 5 atom stereocenters. The summed E-state index contributed by atoms with van der Waals surface area (Å²) in [5.74, 6) is 1.26. The number of ketones is 1. The van der Waals surface area contributed by atoms with Crippen molar-refractivity contribution in [3.05, 3.63) is 11.9 Å². The molecule has 5 fully saturated rings. The van der Waals surface area contributed by atoms with Crippen molar-refractivity contribution in [1.82, 2.24) is 14.9 Å². The van der Waals surface area contributed by atoms with Gasteiger partial charge in [0.15, 0.2) is 5.82 Å². The molecule has 38 heavy (non-hydrogen) atoms. The van der Waals surface area contributed by atoms with Gasteiger partial charge in [0.05, 0.1) is 29.4 Å². The molecule has 6 rings (SSSR count). The molecule has 1 aromatic heterocycles. The first-order chi connectivity index (χ1) is 18.3. The van der Waals surface area contributed by atoms with Gasteiger partial charge in [0, 0.05) is 37.5 Å². The zero-order valence-electron chi connectivity index (χ0n) is 23.0. The second kappa shape index (κ2) is 10.1. The Morgan fingerprint density at radius 3 is 2.71 bits per heavy atom. The Balaban J connectivity index is 1.30. The predicted molar refractivity (Wildman–Crippen MR) is 144 cm³/mol. The molecule has 5 aliphatic rings. The Morgan fingerprint density at radius 1 is 1.16 bits per heavy atom. The summed E-state index contributed by atoms with van der Waals surface area (Å²) in [7, 11) is 2.14. The summed E-state index contributed by atoms with van der Waals surface area (Å²) in [5, 5.41) is 20.7. The number of nitrogens with zero attached hydrogens (tertiary/aromatic N) is 4. The Labute approximate surface area is 225 Å². The average molecular weight is 526 g/mol. The van der Waals surface area contributed by atoms with E-state index in [2.05, 4.69) is 23.8 Å². The van der Waals surface area contributed by atoms with E-state index in [9.17, 15) is 15.3 Å². The molecule has 9 heteroatoms. The monoisotopic (exact) mass is 525 g/mol. The van der Waals surface area contributed by atoms with Gasteiger partial charge in [0.1, 0.15) is 17.7 Å². The van der Waals surface area contributed by atoms with Crippen LogP contribution in [0.3, 0.4) is 0 Å². The topological polar surface area (TPSA) is 112 Å². The van der Waals surface area contributed by atoms with Gasteiger partial charge >= 0.3 is 0 Å². The van der Waals surface area contributed by atoms with Crippen LogP contribution in [-0.4, -0.2) is 88.6 Å². The van der Waals surface area contributed by atoms with Crippen LogP contribution in [0.5, 0.6) is 5.88 Å². The van der Waals surface area contributed by atoms with Gasteiger partial charge in [0.25, 0.3) is 0 Å². The number of ether oxygens (including phenoxy) is 2. The van der Waals surface area contributed by atoms with Crippen LogP contribution in [0.2, 0.25) is 0 Å². The Hall–Kier alpha value is -2.10. The molecule has 3 heterocycles. The van der Waals surface area contributed by atoms with E-state index in [-0.39, 0.29) is 23.2 Å². The predicted octanol–water partition coefficient (Wildman–Crippen LogP) is 3.37. The maximum atomic E-state index is 13.0. The Kier molecular flexibility index (Phi) is 6.97. The summed E-state index contributed by atoms with van der Waals surface area (Å²) < 4.78 is 12.5. The zero-order valence-corrected chi connectivity index (χ0v) is 23.0. The second-order valence-electron chi connectivity index (χ2n) is 12.5. The van der Waals surface area contributed by atoms with E-state index in [4.69, 9.17) is 19.4 Å². The number of anilines is 1. The molecule has 9 nitrogen and oxygen atoms in total. The van der Waals surface area contributed by atoms with Crippen LogP contribution < -0.4 is 9.64 Å². The SMILES string of the molecule is C[C@H](Oc1cc(N2CCOC3(CC3)C2)nc(C(=N)C2CCC[C@@]3(CCCCC3=O)C2O)n1)[C@@H]1CCCN1C. The Bertz CT molecular complexity index is 1070. The average Bonchev–Trinajstić information content (AvgIpc) is 3.51. The lowest BCUT2D eigenvalue weighted by Gasteiger charge is -2.46. The molecular weight excluding hydrogens is 482 g/mol. The van der Waals surface area contributed by atoms with Gasteiger partial charge in [-0.3, -0.25) is 9.69 Å². The first-order valence-corrected chi connectivity index (χ1v) is 14.8. The van der Waals surface area contributed by atoms with Crippen LogP contribution in [0.1, 0.15) is 83.4 Å². The number of nitrogens with one attached hydrogen (secondary N) is 1. The molecule has 0 radical (unpaired) electrons. The molecule has 1 aromatic rings. The van der Waals surface area contributed by atoms with E-state index < -0.39 is 17.4 Å². The number of aliphatic hydroxyl groups excluding tert-OH is 1. The minimum absolute atomic E-state index is 0.0462. The largest absolute Gasteiger partial charge is 0.473 e. The van der Waals surface area contributed by atoms with Gasteiger partial charge in [-0.05, 0) is 71.9 Å². The van der Waals surface area contributed by atoms with E-state index in [1.54, 1.807) is 0 Å². The molecule has 2 unspecified atom stereocenters. The van der Waals surface area contributed by atoms with Crippen molar-refractivity contribution in [3.63, 3.8) is 0 Å². The Morgan fingerprint density at radius 2 is 1.97 bits per heavy atom. The first kappa shape index (κ1) is 26.1. The lowest BCUT2D eigenvalue weighted by atomic mass is 9.59. The zero-order chi connectivity index (χ0) is 26.5. The summed E-state index contributed by atoms with van der Waals surface area (Å²) in [6.45, 7) is 5.33. The highest BCUT2D eigenvalue weighted by molar-refractivity contribution is 5.98. The fraction of sp³-hybridized carbons (Fsp3) is 0.793. The molecule has 2 N–H and O–H groups in total. The van der Waals surface area contributed by atoms with Crippen molar-refractivity contribution >= 4 is 17.3 Å². The number of hydrogen-bond acceptors (Lipinski definition) is 9. The number of rotatable bonds is 6. The highest BCUT2D eigenvalue weighted by Crippen LogP contribution is 2.48. The van der Waals surface area contributed by atoms with Crippen molar-refractivity contribution in [3.8, 4) is 5.88 Å². The second-order valence-corrected chi connectivity index (χ2v) is 12.5. The maximum absolute atomic E-state index is 13.0. The number of aromatic nitrogens is 2. The van der Waals surface area contributed by atoms with Crippen LogP contribution in [0, 0.1) is 16.7 Å². The standard InChI is InChI=1S/C29H43N5O4/c1-19(21-8-6-14-33(21)2)38-24-17-23(34-15-16-37-28(18-34)12-13-28)31-27(32-24)25(30)20-7-5-11-29(26(20)36)10-4-3-9-22(29)35/h17,19-21,26,30,36H,3-16,18H2,1-2H3/t19-,20?,21-,26?,29+/m0/s1. The smallest absolute Gasteiger partial charge is 0.219 e. The number of morpholine rings is 1. The molecule has 208 valence electrons. The van der Waals surface area contributed by atoms with Crippen molar-refractivity contribution in [2.75, 3.05) is 38.2 Å². The fourth-order valence-electron chi connectivity index (χ4n) is 7.52. The lowest BCUT2D eigenvalue weighted by molar-refractivity contribution is -0.145. The van der Waals surface area contributed by atoms with E-state index in [1.165, 1.54) is 0 Å². The van der Waals surface area contributed by atoms with E-state index >= 15 is 0 Å². The van der Waals surface area contributed by atoms with Crippen LogP contribution >= 0.6 is 0 Å². The number of carbonyl (C=O) groups is 1. The number of carbonyl (C=O) groups excluding carboxylic acids is 1. The van der Waals surface area contributed by atoms with Crippen molar-refractivity contribution in [2.45, 2.75) is 101 Å². The molecule has 2 spiro atoms. The summed E-state index contributed by atoms with van der Waals surface area (Å²) in [6, 6.07) is 2.24. The van der Waals surface area contributed by atoms with Gasteiger partial charge in [0.2, 0.25) is 5.88 Å². The van der Waals surface area contributed by atoms with Crippen LogP contribution in [0.15, 0.2) is 6.07 Å². The minimum Gasteiger partial charge on any atom is -0.473 e. The molecule has 3 saturated carbocycles. The van der Waals surface area contributed by atoms with Crippen molar-refractivity contribution in [1.29, 1.82) is 5.41 Å². The van der Waals surface area contributed by atoms with Gasteiger partial charge in [-0.2, -0.15) is 4.98 Å². The number of aliphatic hydroxyl groups is 1. The normalized spacial score (nSPS) is 34.0. The van der Waals surface area contributed by atoms with Crippen molar-refractivity contribution in [2.24, 2.45) is 11.3 Å². The van der Waals surface area contributed by atoms with Gasteiger partial charge < -0.3 is 24.9 Å². The van der Waals surface area contributed by atoms with E-state index in [1.807, 2.05) is 6.07 Å². The van der Waals surface area contributed by atoms with Gasteiger partial charge in [-0.25, -0.2) is 4.98 Å². The highest BCUT2D eigenvalue weighted by atomic mass is 16.5. The third kappa shape index (κ3) is 4.75. The van der Waals surface area contributed by atoms with Crippen LogP contribution in [0.25, 0.3) is 0 Å². The third-order valence-corrected chi connectivity index (χ3v) is 10.0. The number of likely N-dealkylation sites (tertiary alicyclic amines) is 1. The molecule has 0 amide bonds. The highest BCUT2D eigenvalue weighted by Gasteiger charge is 2.52. The van der Waals surface area contributed by atoms with Crippen molar-refractivity contribution < 1.29 is 19.4 Å². The van der Waals surface area contributed by atoms with Gasteiger partial charge in [-0.15, -0.1) is 0 Å². The fourth-order valence-corrected chi connectivity index (χ4v) is 7.52. The molecule has 2 saturated heterocycles. The summed E-state index contributed by atoms with van der Waals surface area (Å²) >= 11 is 0. The van der Waals surface area contributed by atoms with Gasteiger partial charge in [-0.1, -0.05) is 12.8 Å². The van der Waals surface area contributed by atoms with E-state index in [0.717, 1.165) is 70.4 Å². The minimum atomic E-state index is -0.864. The maximum Gasteiger partial charge on any atom is 0.219 e. The number of hydrogen-bond donors (Lipinski definition) is 2. The number of likely N-dealkylation sites (N-methyl/N-ethyl adjacent to an activating group) is 1. The number of Topliss-reactive ketones (excluding diaryl/α,β-unsaturated/α-hetero) is 1. The van der Waals surface area contributed by atoms with Crippen LogP contribution in [-0.2, 0) is 9.53 Å². The lowest BCUT2D eigenvalue weighted by Crippen LogP contribution is -2.52. The first-order valence-electron chi connectivity index (χ1n) is 14.8. The molecule has 0 aromatic carbocycles. The summed E-state index contributed by atoms with van der Waals surface area (Å²) in [4.78, 5) is 27.2. The summed E-state index contributed by atoms with van der Waals surface area (Å²) in [6.07, 6.45) is 8.80. The van der Waals surface area contributed by atoms with E-state index in [0.29, 0.717) is 50.0 Å².